The van der Waals surface area contributed by atoms with E-state index in [1.54, 1.807) is 6.07 Å². The van der Waals surface area contributed by atoms with E-state index in [9.17, 15) is 9.59 Å². The van der Waals surface area contributed by atoms with Gasteiger partial charge in [-0.2, -0.15) is 0 Å². The van der Waals surface area contributed by atoms with E-state index in [0.29, 0.717) is 12.0 Å². The molecule has 3 aromatic rings. The summed E-state index contributed by atoms with van der Waals surface area (Å²) in [6.07, 6.45) is 3.63. The Morgan fingerprint density at radius 3 is 2.59 bits per heavy atom. The standard InChI is InChI=1S/C22H22N2O3/c1-27-22(26)20(13-7-10-16-8-3-2-4-9-16)24-21(25)18-14-17-11-5-6-12-19(17)23-15-18/h2-6,8-9,11-12,14-15,20H,7,10,13H2,1H3,(H,24,25)/t20-/m0/s1. The molecule has 1 N–H and O–H groups in total. The second-order valence-electron chi connectivity index (χ2n) is 6.34. The zero-order chi connectivity index (χ0) is 19.1. The monoisotopic (exact) mass is 362 g/mol. The smallest absolute Gasteiger partial charge is 0.328 e. The number of methoxy groups -OCH3 is 1. The summed E-state index contributed by atoms with van der Waals surface area (Å²) in [6.45, 7) is 0. The van der Waals surface area contributed by atoms with E-state index in [0.717, 1.165) is 23.7 Å². The van der Waals surface area contributed by atoms with Crippen LogP contribution in [0.25, 0.3) is 10.9 Å². The van der Waals surface area contributed by atoms with Gasteiger partial charge in [0.2, 0.25) is 0 Å². The number of hydrogen-bond acceptors (Lipinski definition) is 4. The van der Waals surface area contributed by atoms with Crippen molar-refractivity contribution >= 4 is 22.8 Å². The zero-order valence-electron chi connectivity index (χ0n) is 15.2. The molecule has 1 aromatic heterocycles. The predicted molar refractivity (Wildman–Crippen MR) is 104 cm³/mol. The molecule has 0 fully saturated rings. The van der Waals surface area contributed by atoms with Crippen LogP contribution >= 0.6 is 0 Å². The number of nitrogens with one attached hydrogen (secondary N) is 1. The first kappa shape index (κ1) is 18.6. The van der Waals surface area contributed by atoms with E-state index in [4.69, 9.17) is 4.74 Å². The van der Waals surface area contributed by atoms with E-state index in [1.807, 2.05) is 54.6 Å². The Bertz CT molecular complexity index is 925. The first-order chi connectivity index (χ1) is 13.2. The fourth-order valence-corrected chi connectivity index (χ4v) is 2.98. The number of esters is 1. The van der Waals surface area contributed by atoms with Crippen LogP contribution in [0.3, 0.4) is 0 Å². The van der Waals surface area contributed by atoms with Gasteiger partial charge < -0.3 is 10.1 Å². The Balaban J connectivity index is 1.65. The molecule has 27 heavy (non-hydrogen) atoms. The van der Waals surface area contributed by atoms with E-state index >= 15 is 0 Å². The van der Waals surface area contributed by atoms with Crippen LogP contribution < -0.4 is 5.32 Å². The highest BCUT2D eigenvalue weighted by molar-refractivity contribution is 5.99. The van der Waals surface area contributed by atoms with Crippen LogP contribution in [0.5, 0.6) is 0 Å². The van der Waals surface area contributed by atoms with Crippen molar-refractivity contribution in [2.24, 2.45) is 0 Å². The third-order valence-electron chi connectivity index (χ3n) is 4.44. The van der Waals surface area contributed by atoms with Crippen molar-refractivity contribution in [1.82, 2.24) is 10.3 Å². The molecule has 138 valence electrons. The molecule has 5 nitrogen and oxygen atoms in total. The van der Waals surface area contributed by atoms with Crippen molar-refractivity contribution in [3.8, 4) is 0 Å². The summed E-state index contributed by atoms with van der Waals surface area (Å²) in [7, 11) is 1.33. The van der Waals surface area contributed by atoms with Crippen molar-refractivity contribution in [3.05, 3.63) is 78.0 Å². The second kappa shape index (κ2) is 8.94. The lowest BCUT2D eigenvalue weighted by Crippen LogP contribution is -2.41. The number of fused-ring (bicyclic) bond motifs is 1. The van der Waals surface area contributed by atoms with Crippen LogP contribution in [0.2, 0.25) is 0 Å². The van der Waals surface area contributed by atoms with E-state index < -0.39 is 12.0 Å². The fourth-order valence-electron chi connectivity index (χ4n) is 2.98. The fraction of sp³-hybridized carbons (Fsp3) is 0.227. The maximum Gasteiger partial charge on any atom is 0.328 e. The molecule has 0 aliphatic heterocycles. The van der Waals surface area contributed by atoms with Crippen molar-refractivity contribution in [3.63, 3.8) is 0 Å². The van der Waals surface area contributed by atoms with E-state index in [-0.39, 0.29) is 5.91 Å². The molecule has 3 rings (SSSR count). The highest BCUT2D eigenvalue weighted by atomic mass is 16.5. The van der Waals surface area contributed by atoms with Gasteiger partial charge in [0.25, 0.3) is 5.91 Å². The molecule has 0 bridgehead atoms. The van der Waals surface area contributed by atoms with Crippen LogP contribution in [-0.4, -0.2) is 30.0 Å². The molecule has 1 amide bonds. The number of para-hydroxylation sites is 1. The number of nitrogens with zero attached hydrogens (tertiary/aromatic N) is 1. The third kappa shape index (κ3) is 4.91. The molecule has 2 aromatic carbocycles. The van der Waals surface area contributed by atoms with Crippen molar-refractivity contribution in [2.45, 2.75) is 25.3 Å². The lowest BCUT2D eigenvalue weighted by molar-refractivity contribution is -0.143. The summed E-state index contributed by atoms with van der Waals surface area (Å²) in [6, 6.07) is 18.7. The SMILES string of the molecule is COC(=O)[C@H](CCCc1ccccc1)NC(=O)c1cnc2ccccc2c1. The molecule has 0 aliphatic rings. The minimum absolute atomic E-state index is 0.330. The van der Waals surface area contributed by atoms with Gasteiger partial charge in [-0.3, -0.25) is 9.78 Å². The minimum Gasteiger partial charge on any atom is -0.467 e. The summed E-state index contributed by atoms with van der Waals surface area (Å²) < 4.78 is 4.85. The number of amides is 1. The number of rotatable bonds is 7. The first-order valence-corrected chi connectivity index (χ1v) is 8.95. The molecule has 0 radical (unpaired) electrons. The second-order valence-corrected chi connectivity index (χ2v) is 6.34. The maximum atomic E-state index is 12.6. The molecule has 0 spiro atoms. The van der Waals surface area contributed by atoms with Crippen molar-refractivity contribution in [1.29, 1.82) is 0 Å². The summed E-state index contributed by atoms with van der Waals surface area (Å²) in [5.41, 5.74) is 2.44. The van der Waals surface area contributed by atoms with E-state index in [1.165, 1.54) is 18.9 Å². The topological polar surface area (TPSA) is 68.3 Å². The van der Waals surface area contributed by atoms with Gasteiger partial charge in [-0.25, -0.2) is 4.79 Å². The number of pyridine rings is 1. The molecule has 0 saturated heterocycles. The van der Waals surface area contributed by atoms with Gasteiger partial charge >= 0.3 is 5.97 Å². The first-order valence-electron chi connectivity index (χ1n) is 8.95. The number of ether oxygens (including phenoxy) is 1. The molecule has 1 atom stereocenters. The number of carbonyl (C=O) groups is 2. The molecule has 1 heterocycles. The van der Waals surface area contributed by atoms with Gasteiger partial charge in [-0.05, 0) is 37.0 Å². The van der Waals surface area contributed by atoms with E-state index in [2.05, 4.69) is 10.3 Å². The van der Waals surface area contributed by atoms with Crippen molar-refractivity contribution in [2.75, 3.05) is 7.11 Å². The highest BCUT2D eigenvalue weighted by Gasteiger charge is 2.22. The van der Waals surface area contributed by atoms with Gasteiger partial charge in [0.15, 0.2) is 0 Å². The van der Waals surface area contributed by atoms with Gasteiger partial charge in [0.05, 0.1) is 18.2 Å². The van der Waals surface area contributed by atoms with Gasteiger partial charge in [-0.15, -0.1) is 0 Å². The van der Waals surface area contributed by atoms with Crippen LogP contribution in [0.4, 0.5) is 0 Å². The number of benzene rings is 2. The predicted octanol–water partition coefficient (Wildman–Crippen LogP) is 3.53. The number of hydrogen-bond donors (Lipinski definition) is 1. The molecule has 0 unspecified atom stereocenters. The van der Waals surface area contributed by atoms with Crippen LogP contribution in [0.15, 0.2) is 66.9 Å². The molecule has 5 heteroatoms. The molecular weight excluding hydrogens is 340 g/mol. The lowest BCUT2D eigenvalue weighted by atomic mass is 10.0. The van der Waals surface area contributed by atoms with Gasteiger partial charge in [0.1, 0.15) is 6.04 Å². The molecule has 0 saturated carbocycles. The largest absolute Gasteiger partial charge is 0.467 e. The Morgan fingerprint density at radius 2 is 1.81 bits per heavy atom. The van der Waals surface area contributed by atoms with Crippen LogP contribution in [0, 0.1) is 0 Å². The quantitative estimate of drug-likeness (QED) is 0.653. The molecule has 0 aliphatic carbocycles. The summed E-state index contributed by atoms with van der Waals surface area (Å²) in [5, 5.41) is 3.66. The summed E-state index contributed by atoms with van der Waals surface area (Å²) >= 11 is 0. The third-order valence-corrected chi connectivity index (χ3v) is 4.44. The van der Waals surface area contributed by atoms with Gasteiger partial charge in [0, 0.05) is 11.6 Å². The zero-order valence-corrected chi connectivity index (χ0v) is 15.2. The number of aryl methyl sites for hydroxylation is 1. The normalized spacial score (nSPS) is 11.7. The minimum atomic E-state index is -0.683. The van der Waals surface area contributed by atoms with Crippen LogP contribution in [-0.2, 0) is 16.0 Å². The summed E-state index contributed by atoms with van der Waals surface area (Å²) in [5.74, 6) is -0.770. The average molecular weight is 362 g/mol. The number of carbonyl (C=O) groups excluding carboxylic acids is 2. The lowest BCUT2D eigenvalue weighted by Gasteiger charge is -2.16. The highest BCUT2D eigenvalue weighted by Crippen LogP contribution is 2.13. The maximum absolute atomic E-state index is 12.6. The Morgan fingerprint density at radius 1 is 1.07 bits per heavy atom. The Kier molecular flexibility index (Phi) is 6.15. The number of aromatic nitrogens is 1. The van der Waals surface area contributed by atoms with Crippen molar-refractivity contribution < 1.29 is 14.3 Å². The average Bonchev–Trinajstić information content (AvgIpc) is 2.72. The van der Waals surface area contributed by atoms with Crippen LogP contribution in [0.1, 0.15) is 28.8 Å². The summed E-state index contributed by atoms with van der Waals surface area (Å²) in [4.78, 5) is 29.0. The Hall–Kier alpha value is -3.21. The molecular formula is C22H22N2O3. The van der Waals surface area contributed by atoms with Gasteiger partial charge in [-0.1, -0.05) is 48.5 Å². The Labute approximate surface area is 158 Å².